The van der Waals surface area contributed by atoms with Crippen LogP contribution in [-0.2, 0) is 11.3 Å². The van der Waals surface area contributed by atoms with Crippen molar-refractivity contribution >= 4 is 49.1 Å². The Kier molecular flexibility index (Phi) is 6.61. The minimum absolute atomic E-state index is 0.225. The van der Waals surface area contributed by atoms with Crippen LogP contribution in [0.5, 0.6) is 0 Å². The number of carbonyl (C=O) groups is 1. The summed E-state index contributed by atoms with van der Waals surface area (Å²) in [6.07, 6.45) is 2.67. The smallest absolute Gasteiger partial charge is 0.222 e. The Labute approximate surface area is 117 Å². The molecule has 1 rings (SSSR count). The summed E-state index contributed by atoms with van der Waals surface area (Å²) < 4.78 is 1.11. The maximum absolute atomic E-state index is 11.7. The van der Waals surface area contributed by atoms with Gasteiger partial charge in [-0.05, 0) is 45.8 Å². The number of thiophene rings is 1. The number of hydrogen-bond acceptors (Lipinski definition) is 2. The van der Waals surface area contributed by atoms with Crippen LogP contribution >= 0.6 is 43.2 Å². The predicted octanol–water partition coefficient (Wildman–Crippen LogP) is 4.03. The highest BCUT2D eigenvalue weighted by atomic mass is 79.9. The van der Waals surface area contributed by atoms with Gasteiger partial charge in [0.15, 0.2) is 0 Å². The number of unbranched alkanes of at least 4 members (excludes halogenated alkanes) is 1. The molecular weight excluding hydrogens is 354 g/mol. The van der Waals surface area contributed by atoms with E-state index >= 15 is 0 Å². The maximum Gasteiger partial charge on any atom is 0.222 e. The quantitative estimate of drug-likeness (QED) is 0.548. The number of carbonyl (C=O) groups excluding carboxylic acids is 1. The summed E-state index contributed by atoms with van der Waals surface area (Å²) in [5.74, 6) is 0.225. The Hall–Kier alpha value is 0.130. The Morgan fingerprint density at radius 3 is 2.81 bits per heavy atom. The third kappa shape index (κ3) is 4.97. The summed E-state index contributed by atoms with van der Waals surface area (Å²) in [5.41, 5.74) is 1.19. The lowest BCUT2D eigenvalue weighted by Gasteiger charge is -2.16. The SMILES string of the molecule is CN(Cc1csc(Br)c1)C(=O)CCCCBr. The van der Waals surface area contributed by atoms with Gasteiger partial charge in [0, 0.05) is 25.3 Å². The Bertz CT molecular complexity index is 340. The van der Waals surface area contributed by atoms with Gasteiger partial charge in [-0.3, -0.25) is 4.79 Å². The molecule has 2 nitrogen and oxygen atoms in total. The van der Waals surface area contributed by atoms with Gasteiger partial charge in [0.05, 0.1) is 3.79 Å². The summed E-state index contributed by atoms with van der Waals surface area (Å²) in [4.78, 5) is 13.5. The van der Waals surface area contributed by atoms with Crippen molar-refractivity contribution in [3.05, 3.63) is 20.8 Å². The minimum Gasteiger partial charge on any atom is -0.341 e. The molecule has 0 spiro atoms. The van der Waals surface area contributed by atoms with E-state index in [0.717, 1.165) is 22.0 Å². The molecule has 0 saturated heterocycles. The van der Waals surface area contributed by atoms with Gasteiger partial charge in [-0.15, -0.1) is 11.3 Å². The van der Waals surface area contributed by atoms with Crippen molar-refractivity contribution in [1.29, 1.82) is 0 Å². The molecule has 90 valence electrons. The first-order valence-electron chi connectivity index (χ1n) is 5.16. The van der Waals surface area contributed by atoms with Crippen LogP contribution in [-0.4, -0.2) is 23.2 Å². The van der Waals surface area contributed by atoms with Crippen LogP contribution in [0.4, 0.5) is 0 Å². The number of rotatable bonds is 6. The highest BCUT2D eigenvalue weighted by Crippen LogP contribution is 2.21. The molecule has 16 heavy (non-hydrogen) atoms. The molecule has 0 aliphatic heterocycles. The van der Waals surface area contributed by atoms with Crippen LogP contribution in [0.1, 0.15) is 24.8 Å². The van der Waals surface area contributed by atoms with Crippen molar-refractivity contribution < 1.29 is 4.79 Å². The molecule has 0 aromatic carbocycles. The fraction of sp³-hybridized carbons (Fsp3) is 0.545. The standard InChI is InChI=1S/C11H15Br2NOS/c1-14(11(15)4-2-3-5-12)7-9-6-10(13)16-8-9/h6,8H,2-5,7H2,1H3. The second-order valence-corrected chi connectivity index (χ2v) is 6.74. The van der Waals surface area contributed by atoms with Gasteiger partial charge in [-0.25, -0.2) is 0 Å². The van der Waals surface area contributed by atoms with Crippen LogP contribution in [0, 0.1) is 0 Å². The van der Waals surface area contributed by atoms with Crippen LogP contribution in [0.3, 0.4) is 0 Å². The van der Waals surface area contributed by atoms with Crippen LogP contribution in [0.2, 0.25) is 0 Å². The topological polar surface area (TPSA) is 20.3 Å². The minimum atomic E-state index is 0.225. The molecule has 0 atom stereocenters. The molecular formula is C11H15Br2NOS. The van der Waals surface area contributed by atoms with Gasteiger partial charge in [0.2, 0.25) is 5.91 Å². The molecule has 0 aliphatic carbocycles. The van der Waals surface area contributed by atoms with E-state index in [2.05, 4.69) is 43.3 Å². The average molecular weight is 369 g/mol. The van der Waals surface area contributed by atoms with Crippen LogP contribution < -0.4 is 0 Å². The van der Waals surface area contributed by atoms with Gasteiger partial charge in [-0.1, -0.05) is 15.9 Å². The summed E-state index contributed by atoms with van der Waals surface area (Å²) >= 11 is 8.44. The number of amides is 1. The van der Waals surface area contributed by atoms with E-state index in [1.54, 1.807) is 16.2 Å². The summed E-state index contributed by atoms with van der Waals surface area (Å²) in [6.45, 7) is 0.704. The molecule has 0 fully saturated rings. The van der Waals surface area contributed by atoms with Crippen molar-refractivity contribution in [2.45, 2.75) is 25.8 Å². The van der Waals surface area contributed by atoms with Crippen molar-refractivity contribution in [2.24, 2.45) is 0 Å². The summed E-state index contributed by atoms with van der Waals surface area (Å²) in [5, 5.41) is 3.05. The van der Waals surface area contributed by atoms with Gasteiger partial charge in [0.1, 0.15) is 0 Å². The summed E-state index contributed by atoms with van der Waals surface area (Å²) in [7, 11) is 1.86. The van der Waals surface area contributed by atoms with Crippen LogP contribution in [0.15, 0.2) is 15.2 Å². The third-order valence-electron chi connectivity index (χ3n) is 2.24. The molecule has 0 unspecified atom stereocenters. The van der Waals surface area contributed by atoms with E-state index < -0.39 is 0 Å². The zero-order chi connectivity index (χ0) is 12.0. The van der Waals surface area contributed by atoms with Gasteiger partial charge in [-0.2, -0.15) is 0 Å². The molecule has 0 aliphatic rings. The first-order chi connectivity index (χ1) is 7.63. The largest absolute Gasteiger partial charge is 0.341 e. The normalized spacial score (nSPS) is 10.4. The highest BCUT2D eigenvalue weighted by molar-refractivity contribution is 9.11. The molecule has 0 saturated carbocycles. The Morgan fingerprint density at radius 2 is 2.25 bits per heavy atom. The Morgan fingerprint density at radius 1 is 1.50 bits per heavy atom. The number of alkyl halides is 1. The predicted molar refractivity (Wildman–Crippen MR) is 76.1 cm³/mol. The third-order valence-corrected chi connectivity index (χ3v) is 4.36. The molecule has 1 heterocycles. The average Bonchev–Trinajstić information content (AvgIpc) is 2.64. The lowest BCUT2D eigenvalue weighted by atomic mass is 10.2. The van der Waals surface area contributed by atoms with Gasteiger partial charge < -0.3 is 4.90 Å². The van der Waals surface area contributed by atoms with E-state index in [4.69, 9.17) is 0 Å². The highest BCUT2D eigenvalue weighted by Gasteiger charge is 2.09. The number of nitrogens with zero attached hydrogens (tertiary/aromatic N) is 1. The fourth-order valence-electron chi connectivity index (χ4n) is 1.35. The summed E-state index contributed by atoms with van der Waals surface area (Å²) in [6, 6.07) is 2.06. The maximum atomic E-state index is 11.7. The van der Waals surface area contributed by atoms with Crippen molar-refractivity contribution in [3.8, 4) is 0 Å². The first kappa shape index (κ1) is 14.2. The first-order valence-corrected chi connectivity index (χ1v) is 7.95. The van der Waals surface area contributed by atoms with Crippen molar-refractivity contribution in [2.75, 3.05) is 12.4 Å². The monoisotopic (exact) mass is 367 g/mol. The van der Waals surface area contributed by atoms with Gasteiger partial charge >= 0.3 is 0 Å². The molecule has 0 bridgehead atoms. The number of halogens is 2. The van der Waals surface area contributed by atoms with E-state index in [-0.39, 0.29) is 5.91 Å². The fourth-order valence-corrected chi connectivity index (χ4v) is 2.95. The Balaban J connectivity index is 2.34. The lowest BCUT2D eigenvalue weighted by molar-refractivity contribution is -0.130. The van der Waals surface area contributed by atoms with Crippen molar-refractivity contribution in [1.82, 2.24) is 4.90 Å². The molecule has 0 radical (unpaired) electrons. The number of hydrogen-bond donors (Lipinski definition) is 0. The lowest BCUT2D eigenvalue weighted by Crippen LogP contribution is -2.25. The van der Waals surface area contributed by atoms with Crippen LogP contribution in [0.25, 0.3) is 0 Å². The second kappa shape index (κ2) is 7.45. The van der Waals surface area contributed by atoms with E-state index in [1.165, 1.54) is 5.56 Å². The molecule has 5 heteroatoms. The van der Waals surface area contributed by atoms with Crippen molar-refractivity contribution in [3.63, 3.8) is 0 Å². The zero-order valence-corrected chi connectivity index (χ0v) is 13.2. The zero-order valence-electron chi connectivity index (χ0n) is 9.21. The molecule has 1 aromatic rings. The second-order valence-electron chi connectivity index (χ2n) is 3.65. The van der Waals surface area contributed by atoms with E-state index in [9.17, 15) is 4.79 Å². The molecule has 1 aromatic heterocycles. The van der Waals surface area contributed by atoms with Gasteiger partial charge in [0.25, 0.3) is 0 Å². The molecule has 0 N–H and O–H groups in total. The van der Waals surface area contributed by atoms with E-state index in [0.29, 0.717) is 13.0 Å². The molecule has 1 amide bonds. The van der Waals surface area contributed by atoms with E-state index in [1.807, 2.05) is 7.05 Å².